The highest BCUT2D eigenvalue weighted by Gasteiger charge is 2.38. The van der Waals surface area contributed by atoms with Crippen molar-refractivity contribution in [2.45, 2.75) is 38.8 Å². The van der Waals surface area contributed by atoms with Gasteiger partial charge in [-0.2, -0.15) is 0 Å². The maximum Gasteiger partial charge on any atom is 0.265 e. The summed E-state index contributed by atoms with van der Waals surface area (Å²) < 4.78 is 18.9. The van der Waals surface area contributed by atoms with Crippen LogP contribution in [-0.4, -0.2) is 24.5 Å². The smallest absolute Gasteiger partial charge is 0.265 e. The van der Waals surface area contributed by atoms with Gasteiger partial charge in [0.05, 0.1) is 6.04 Å². The SMILES string of the molecule is CCC(=O)N1c2ccccc2C(N(C(=O)COc2ccc(F)cc2)c2ccccc2)CC1C. The summed E-state index contributed by atoms with van der Waals surface area (Å²) in [4.78, 5) is 29.8. The predicted molar refractivity (Wildman–Crippen MR) is 127 cm³/mol. The number of carbonyl (C=O) groups is 2. The average molecular weight is 447 g/mol. The van der Waals surface area contributed by atoms with Crippen LogP contribution in [0.3, 0.4) is 0 Å². The van der Waals surface area contributed by atoms with Gasteiger partial charge in [-0.1, -0.05) is 43.3 Å². The molecule has 0 aromatic heterocycles. The number of amides is 2. The van der Waals surface area contributed by atoms with Gasteiger partial charge in [-0.3, -0.25) is 9.59 Å². The number of nitrogens with zero attached hydrogens (tertiary/aromatic N) is 2. The van der Waals surface area contributed by atoms with E-state index in [4.69, 9.17) is 4.74 Å². The van der Waals surface area contributed by atoms with Crippen LogP contribution in [0.1, 0.15) is 38.3 Å². The number of fused-ring (bicyclic) bond motifs is 1. The zero-order valence-corrected chi connectivity index (χ0v) is 18.8. The van der Waals surface area contributed by atoms with Crippen molar-refractivity contribution in [1.82, 2.24) is 0 Å². The third-order valence-electron chi connectivity index (χ3n) is 5.92. The summed E-state index contributed by atoms with van der Waals surface area (Å²) in [5, 5.41) is 0. The molecule has 0 N–H and O–H groups in total. The molecule has 1 aliphatic heterocycles. The minimum Gasteiger partial charge on any atom is -0.484 e. The molecule has 0 bridgehead atoms. The van der Waals surface area contributed by atoms with Gasteiger partial charge in [0.2, 0.25) is 5.91 Å². The molecule has 1 heterocycles. The van der Waals surface area contributed by atoms with Gasteiger partial charge in [0.25, 0.3) is 5.91 Å². The molecule has 0 fully saturated rings. The Bertz CT molecular complexity index is 1120. The van der Waals surface area contributed by atoms with E-state index < -0.39 is 0 Å². The number of benzene rings is 3. The van der Waals surface area contributed by atoms with E-state index in [9.17, 15) is 14.0 Å². The van der Waals surface area contributed by atoms with Crippen LogP contribution in [-0.2, 0) is 9.59 Å². The number of hydrogen-bond acceptors (Lipinski definition) is 3. The summed E-state index contributed by atoms with van der Waals surface area (Å²) in [6.45, 7) is 3.68. The van der Waals surface area contributed by atoms with Crippen molar-refractivity contribution < 1.29 is 18.7 Å². The number of ether oxygens (including phenoxy) is 1. The molecular formula is C27H27FN2O3. The lowest BCUT2D eigenvalue weighted by molar-refractivity contribution is -0.121. The molecule has 5 nitrogen and oxygen atoms in total. The second-order valence-corrected chi connectivity index (χ2v) is 8.12. The summed E-state index contributed by atoms with van der Waals surface area (Å²) in [5.74, 6) is -0.0908. The molecule has 2 atom stereocenters. The molecule has 0 spiro atoms. The van der Waals surface area contributed by atoms with Crippen LogP contribution in [0.5, 0.6) is 5.75 Å². The Labute approximate surface area is 193 Å². The lowest BCUT2D eigenvalue weighted by atomic mass is 9.89. The third-order valence-corrected chi connectivity index (χ3v) is 5.92. The topological polar surface area (TPSA) is 49.9 Å². The van der Waals surface area contributed by atoms with E-state index in [1.54, 1.807) is 4.90 Å². The maximum absolute atomic E-state index is 13.5. The highest BCUT2D eigenvalue weighted by molar-refractivity contribution is 5.98. The lowest BCUT2D eigenvalue weighted by Gasteiger charge is -2.43. The van der Waals surface area contributed by atoms with Crippen LogP contribution in [0.25, 0.3) is 0 Å². The van der Waals surface area contributed by atoms with Crippen LogP contribution in [0.2, 0.25) is 0 Å². The molecule has 6 heteroatoms. The zero-order chi connectivity index (χ0) is 23.4. The van der Waals surface area contributed by atoms with Crippen molar-refractivity contribution in [3.63, 3.8) is 0 Å². The van der Waals surface area contributed by atoms with Gasteiger partial charge in [-0.15, -0.1) is 0 Å². The van der Waals surface area contributed by atoms with E-state index in [2.05, 4.69) is 0 Å². The summed E-state index contributed by atoms with van der Waals surface area (Å²) >= 11 is 0. The number of halogens is 1. The van der Waals surface area contributed by atoms with Gasteiger partial charge >= 0.3 is 0 Å². The Morgan fingerprint density at radius 1 is 1.00 bits per heavy atom. The largest absolute Gasteiger partial charge is 0.484 e. The molecule has 0 aliphatic carbocycles. The number of rotatable bonds is 6. The molecule has 2 amide bonds. The van der Waals surface area contributed by atoms with E-state index in [0.29, 0.717) is 18.6 Å². The monoisotopic (exact) mass is 446 g/mol. The van der Waals surface area contributed by atoms with E-state index in [-0.39, 0.29) is 36.3 Å². The van der Waals surface area contributed by atoms with Crippen LogP contribution >= 0.6 is 0 Å². The number of para-hydroxylation sites is 2. The fourth-order valence-corrected chi connectivity index (χ4v) is 4.41. The first-order chi connectivity index (χ1) is 16.0. The fraction of sp³-hybridized carbons (Fsp3) is 0.259. The Kier molecular flexibility index (Phi) is 6.73. The second-order valence-electron chi connectivity index (χ2n) is 8.12. The predicted octanol–water partition coefficient (Wildman–Crippen LogP) is 5.51. The van der Waals surface area contributed by atoms with Gasteiger partial charge in [-0.05, 0) is 61.4 Å². The summed E-state index contributed by atoms with van der Waals surface area (Å²) in [5.41, 5.74) is 2.52. The van der Waals surface area contributed by atoms with E-state index >= 15 is 0 Å². The quantitative estimate of drug-likeness (QED) is 0.501. The molecule has 4 rings (SSSR count). The van der Waals surface area contributed by atoms with Gasteiger partial charge in [0, 0.05) is 23.8 Å². The van der Waals surface area contributed by atoms with Crippen LogP contribution < -0.4 is 14.5 Å². The van der Waals surface area contributed by atoms with Crippen molar-refractivity contribution in [2.24, 2.45) is 0 Å². The zero-order valence-electron chi connectivity index (χ0n) is 18.8. The van der Waals surface area contributed by atoms with Gasteiger partial charge in [-0.25, -0.2) is 4.39 Å². The first kappa shape index (κ1) is 22.5. The minimum atomic E-state index is -0.362. The van der Waals surface area contributed by atoms with Crippen LogP contribution in [0.4, 0.5) is 15.8 Å². The number of hydrogen-bond donors (Lipinski definition) is 0. The molecule has 0 saturated carbocycles. The molecule has 33 heavy (non-hydrogen) atoms. The van der Waals surface area contributed by atoms with Gasteiger partial charge in [0.1, 0.15) is 11.6 Å². The molecule has 1 aliphatic rings. The highest BCUT2D eigenvalue weighted by Crippen LogP contribution is 2.42. The maximum atomic E-state index is 13.5. The normalized spacial score (nSPS) is 17.2. The molecule has 0 radical (unpaired) electrons. The molecule has 2 unspecified atom stereocenters. The van der Waals surface area contributed by atoms with Crippen LogP contribution in [0, 0.1) is 5.82 Å². The summed E-state index contributed by atoms with van der Waals surface area (Å²) in [7, 11) is 0. The Hall–Kier alpha value is -3.67. The third kappa shape index (κ3) is 4.75. The molecular weight excluding hydrogens is 419 g/mol. The number of anilines is 2. The average Bonchev–Trinajstić information content (AvgIpc) is 2.84. The number of carbonyl (C=O) groups excluding carboxylic acids is 2. The molecule has 170 valence electrons. The van der Waals surface area contributed by atoms with Crippen molar-refractivity contribution in [1.29, 1.82) is 0 Å². The summed E-state index contributed by atoms with van der Waals surface area (Å²) in [6, 6.07) is 22.5. The minimum absolute atomic E-state index is 0.0608. The molecule has 0 saturated heterocycles. The Morgan fingerprint density at radius 3 is 2.36 bits per heavy atom. The van der Waals surface area contributed by atoms with E-state index in [1.807, 2.05) is 73.3 Å². The van der Waals surface area contributed by atoms with Crippen LogP contribution in [0.15, 0.2) is 78.9 Å². The van der Waals surface area contributed by atoms with Crippen molar-refractivity contribution in [3.05, 3.63) is 90.2 Å². The van der Waals surface area contributed by atoms with Crippen molar-refractivity contribution in [3.8, 4) is 5.75 Å². The summed E-state index contributed by atoms with van der Waals surface area (Å²) in [6.07, 6.45) is 1.01. The van der Waals surface area contributed by atoms with E-state index in [0.717, 1.165) is 16.9 Å². The van der Waals surface area contributed by atoms with Crippen molar-refractivity contribution in [2.75, 3.05) is 16.4 Å². The standard InChI is InChI=1S/C27H27FN2O3/c1-3-26(31)29-19(2)17-25(23-11-7-8-12-24(23)29)30(21-9-5-4-6-10-21)27(32)18-33-22-15-13-20(28)14-16-22/h4-16,19,25H,3,17-18H2,1-2H3. The molecule has 3 aromatic carbocycles. The highest BCUT2D eigenvalue weighted by atomic mass is 19.1. The Balaban J connectivity index is 1.69. The lowest BCUT2D eigenvalue weighted by Crippen LogP contribution is -2.48. The fourth-order valence-electron chi connectivity index (χ4n) is 4.41. The van der Waals surface area contributed by atoms with Gasteiger partial charge < -0.3 is 14.5 Å². The first-order valence-electron chi connectivity index (χ1n) is 11.2. The van der Waals surface area contributed by atoms with Gasteiger partial charge in [0.15, 0.2) is 6.61 Å². The Morgan fingerprint density at radius 2 is 1.67 bits per heavy atom. The van der Waals surface area contributed by atoms with Crippen molar-refractivity contribution >= 4 is 23.2 Å². The molecule has 3 aromatic rings. The first-order valence-corrected chi connectivity index (χ1v) is 11.2. The second kappa shape index (κ2) is 9.86. The van der Waals surface area contributed by atoms with E-state index in [1.165, 1.54) is 24.3 Å².